The smallest absolute Gasteiger partial charge is 0.257 e. The summed E-state index contributed by atoms with van der Waals surface area (Å²) in [4.78, 5) is 17.4. The topological polar surface area (TPSA) is 69.2 Å². The van der Waals surface area contributed by atoms with E-state index in [1.807, 2.05) is 67.6 Å². The zero-order chi connectivity index (χ0) is 20.3. The Morgan fingerprint density at radius 1 is 1.17 bits per heavy atom. The van der Waals surface area contributed by atoms with Crippen LogP contribution in [0.15, 0.2) is 72.1 Å². The summed E-state index contributed by atoms with van der Waals surface area (Å²) in [5.74, 6) is 0.812. The van der Waals surface area contributed by atoms with E-state index < -0.39 is 0 Å². The Kier molecular flexibility index (Phi) is 7.69. The zero-order valence-corrected chi connectivity index (χ0v) is 16.5. The summed E-state index contributed by atoms with van der Waals surface area (Å²) in [6.45, 7) is 3.59. The average molecular weight is 394 g/mol. The molecule has 1 unspecified atom stereocenters. The molecule has 0 bridgehead atoms. The lowest BCUT2D eigenvalue weighted by Gasteiger charge is -2.17. The predicted molar refractivity (Wildman–Crippen MR) is 112 cm³/mol. The van der Waals surface area contributed by atoms with Gasteiger partial charge in [0.05, 0.1) is 18.6 Å². The summed E-state index contributed by atoms with van der Waals surface area (Å²) in [5.41, 5.74) is 2.77. The molecule has 1 amide bonds. The fourth-order valence-corrected chi connectivity index (χ4v) is 2.79. The maximum atomic E-state index is 11.9. The van der Waals surface area contributed by atoms with E-state index in [0.29, 0.717) is 31.4 Å². The Bertz CT molecular complexity index is 832. The van der Waals surface area contributed by atoms with Gasteiger partial charge in [-0.15, -0.1) is 0 Å². The van der Waals surface area contributed by atoms with Crippen LogP contribution in [-0.4, -0.2) is 31.4 Å². The first kappa shape index (κ1) is 20.5. The van der Waals surface area contributed by atoms with E-state index in [1.165, 1.54) is 0 Å². The fourth-order valence-electron chi connectivity index (χ4n) is 2.79. The van der Waals surface area contributed by atoms with Crippen molar-refractivity contribution in [1.29, 1.82) is 0 Å². The Balaban J connectivity index is 1.40. The second-order valence-corrected chi connectivity index (χ2v) is 6.80. The molecule has 1 N–H and O–H groups in total. The van der Waals surface area contributed by atoms with E-state index in [1.54, 1.807) is 6.26 Å². The average Bonchev–Trinajstić information content (AvgIpc) is 2.78. The van der Waals surface area contributed by atoms with E-state index in [9.17, 15) is 4.79 Å². The highest BCUT2D eigenvalue weighted by molar-refractivity contribution is 5.98. The van der Waals surface area contributed by atoms with Crippen molar-refractivity contribution in [2.24, 2.45) is 11.1 Å². The first-order valence-corrected chi connectivity index (χ1v) is 9.69. The van der Waals surface area contributed by atoms with Crippen molar-refractivity contribution in [2.75, 3.05) is 19.8 Å². The number of hydrogen-bond donors (Lipinski definition) is 1. The van der Waals surface area contributed by atoms with Crippen LogP contribution in [0.1, 0.15) is 24.5 Å². The highest BCUT2D eigenvalue weighted by Gasteiger charge is 2.11. The van der Waals surface area contributed by atoms with E-state index >= 15 is 0 Å². The van der Waals surface area contributed by atoms with E-state index in [0.717, 1.165) is 23.3 Å². The van der Waals surface area contributed by atoms with Crippen molar-refractivity contribution in [3.63, 3.8) is 0 Å². The minimum Gasteiger partial charge on any atom is -0.501 e. The van der Waals surface area contributed by atoms with E-state index in [2.05, 4.69) is 10.5 Å². The van der Waals surface area contributed by atoms with Crippen LogP contribution in [0.5, 0.6) is 5.75 Å². The second-order valence-electron chi connectivity index (χ2n) is 6.80. The third kappa shape index (κ3) is 6.99. The molecule has 1 atom stereocenters. The van der Waals surface area contributed by atoms with Gasteiger partial charge in [-0.05, 0) is 54.8 Å². The molecule has 1 aliphatic heterocycles. The first-order valence-electron chi connectivity index (χ1n) is 9.69. The van der Waals surface area contributed by atoms with Gasteiger partial charge >= 0.3 is 0 Å². The number of rotatable bonds is 9. The SMILES string of the molecule is C/C(=N\OCc1ccccc1)c1ccc(OCC(=O)NCC2C=COCC2)cc1. The molecule has 2 aromatic carbocycles. The number of nitrogens with zero attached hydrogens (tertiary/aromatic N) is 1. The number of oxime groups is 1. The monoisotopic (exact) mass is 394 g/mol. The number of ether oxygens (including phenoxy) is 2. The number of amides is 1. The molecule has 6 heteroatoms. The normalized spacial score (nSPS) is 16.0. The van der Waals surface area contributed by atoms with E-state index in [-0.39, 0.29) is 12.5 Å². The molecular weight excluding hydrogens is 368 g/mol. The Morgan fingerprint density at radius 2 is 1.97 bits per heavy atom. The molecule has 6 nitrogen and oxygen atoms in total. The maximum Gasteiger partial charge on any atom is 0.257 e. The number of hydrogen-bond acceptors (Lipinski definition) is 5. The number of benzene rings is 2. The summed E-state index contributed by atoms with van der Waals surface area (Å²) >= 11 is 0. The van der Waals surface area contributed by atoms with Gasteiger partial charge in [-0.2, -0.15) is 0 Å². The zero-order valence-electron chi connectivity index (χ0n) is 16.5. The third-order valence-corrected chi connectivity index (χ3v) is 4.53. The Hall–Kier alpha value is -3.28. The Morgan fingerprint density at radius 3 is 2.69 bits per heavy atom. The maximum absolute atomic E-state index is 11.9. The summed E-state index contributed by atoms with van der Waals surface area (Å²) in [6, 6.07) is 17.3. The molecule has 0 fully saturated rings. The summed E-state index contributed by atoms with van der Waals surface area (Å²) in [5, 5.41) is 7.04. The van der Waals surface area contributed by atoms with Gasteiger partial charge in [0.25, 0.3) is 5.91 Å². The molecule has 152 valence electrons. The van der Waals surface area contributed by atoms with Crippen molar-refractivity contribution in [3.05, 3.63) is 78.1 Å². The van der Waals surface area contributed by atoms with Crippen LogP contribution in [0.25, 0.3) is 0 Å². The van der Waals surface area contributed by atoms with Crippen molar-refractivity contribution in [3.8, 4) is 5.75 Å². The molecule has 2 aromatic rings. The molecule has 0 saturated carbocycles. The van der Waals surface area contributed by atoms with Crippen molar-refractivity contribution < 1.29 is 19.1 Å². The van der Waals surface area contributed by atoms with Crippen LogP contribution in [0.2, 0.25) is 0 Å². The minimum atomic E-state index is -0.138. The lowest BCUT2D eigenvalue weighted by Crippen LogP contribution is -2.33. The fraction of sp³-hybridized carbons (Fsp3) is 0.304. The van der Waals surface area contributed by atoms with Gasteiger partial charge in [-0.1, -0.05) is 35.5 Å². The molecule has 0 aliphatic carbocycles. The van der Waals surface area contributed by atoms with Crippen LogP contribution in [-0.2, 0) is 21.0 Å². The first-order chi connectivity index (χ1) is 14.2. The van der Waals surface area contributed by atoms with Crippen LogP contribution in [0, 0.1) is 5.92 Å². The van der Waals surface area contributed by atoms with Crippen molar-refractivity contribution >= 4 is 11.6 Å². The van der Waals surface area contributed by atoms with Gasteiger partial charge in [-0.3, -0.25) is 4.79 Å². The minimum absolute atomic E-state index is 0.0143. The van der Waals surface area contributed by atoms with E-state index in [4.69, 9.17) is 14.3 Å². The van der Waals surface area contributed by atoms with Crippen LogP contribution < -0.4 is 10.1 Å². The van der Waals surface area contributed by atoms with Crippen LogP contribution in [0.3, 0.4) is 0 Å². The van der Waals surface area contributed by atoms with Gasteiger partial charge in [-0.25, -0.2) is 0 Å². The molecule has 0 saturated heterocycles. The number of nitrogens with one attached hydrogen (secondary N) is 1. The molecule has 1 heterocycles. The predicted octanol–water partition coefficient (Wildman–Crippen LogP) is 3.67. The quantitative estimate of drug-likeness (QED) is 0.520. The summed E-state index contributed by atoms with van der Waals surface area (Å²) < 4.78 is 10.7. The second kappa shape index (κ2) is 10.9. The summed E-state index contributed by atoms with van der Waals surface area (Å²) in [7, 11) is 0. The molecule has 0 radical (unpaired) electrons. The van der Waals surface area contributed by atoms with Crippen LogP contribution in [0.4, 0.5) is 0 Å². The highest BCUT2D eigenvalue weighted by atomic mass is 16.6. The lowest BCUT2D eigenvalue weighted by molar-refractivity contribution is -0.123. The highest BCUT2D eigenvalue weighted by Crippen LogP contribution is 2.14. The van der Waals surface area contributed by atoms with Gasteiger partial charge in [0, 0.05) is 12.5 Å². The van der Waals surface area contributed by atoms with Gasteiger partial charge < -0.3 is 19.6 Å². The third-order valence-electron chi connectivity index (χ3n) is 4.53. The number of carbonyl (C=O) groups excluding carboxylic acids is 1. The molecule has 0 spiro atoms. The van der Waals surface area contributed by atoms with Gasteiger partial charge in [0.1, 0.15) is 12.4 Å². The standard InChI is InChI=1S/C23H26N2O4/c1-18(25-29-16-20-5-3-2-4-6-20)21-7-9-22(10-8-21)28-17-23(26)24-15-19-11-13-27-14-12-19/h2-11,13,19H,12,14-17H2,1H3,(H,24,26)/b25-18+. The Labute approximate surface area is 171 Å². The molecule has 1 aliphatic rings. The van der Waals surface area contributed by atoms with Gasteiger partial charge in [0.15, 0.2) is 6.61 Å². The van der Waals surface area contributed by atoms with Crippen LogP contribution >= 0.6 is 0 Å². The summed E-state index contributed by atoms with van der Waals surface area (Å²) in [6.07, 6.45) is 4.57. The largest absolute Gasteiger partial charge is 0.501 e. The number of carbonyl (C=O) groups is 1. The molecule has 29 heavy (non-hydrogen) atoms. The molecule has 0 aromatic heterocycles. The molecular formula is C23H26N2O4. The lowest BCUT2D eigenvalue weighted by atomic mass is 10.1. The van der Waals surface area contributed by atoms with Crippen molar-refractivity contribution in [1.82, 2.24) is 5.32 Å². The van der Waals surface area contributed by atoms with Crippen molar-refractivity contribution in [2.45, 2.75) is 20.0 Å². The molecule has 3 rings (SSSR count). The van der Waals surface area contributed by atoms with Gasteiger partial charge in [0.2, 0.25) is 0 Å².